The number of carboxylic acid groups (broad SMARTS) is 1. The van der Waals surface area contributed by atoms with Crippen LogP contribution in [0.15, 0.2) is 12.7 Å². The van der Waals surface area contributed by atoms with Crippen molar-refractivity contribution >= 4 is 11.9 Å². The molecule has 1 aliphatic heterocycles. The van der Waals surface area contributed by atoms with Crippen molar-refractivity contribution in [1.29, 1.82) is 0 Å². The van der Waals surface area contributed by atoms with Gasteiger partial charge in [-0.3, -0.25) is 9.59 Å². The Balaban J connectivity index is 2.44. The molecule has 0 spiro atoms. The average molecular weight is 226 g/mol. The molecule has 90 valence electrons. The largest absolute Gasteiger partial charge is 0.481 e. The molecule has 1 amide bonds. The molecule has 0 aliphatic carbocycles. The molecule has 1 rings (SSSR count). The van der Waals surface area contributed by atoms with Crippen LogP contribution in [0.2, 0.25) is 0 Å². The van der Waals surface area contributed by atoms with E-state index in [0.717, 1.165) is 0 Å². The van der Waals surface area contributed by atoms with Crippen LogP contribution < -0.4 is 5.73 Å². The molecule has 3 N–H and O–H groups in total. The van der Waals surface area contributed by atoms with Gasteiger partial charge in [0.1, 0.15) is 0 Å². The van der Waals surface area contributed by atoms with E-state index in [9.17, 15) is 9.59 Å². The van der Waals surface area contributed by atoms with Crippen LogP contribution in [0.25, 0.3) is 0 Å². The van der Waals surface area contributed by atoms with E-state index in [0.29, 0.717) is 32.4 Å². The molecule has 0 aromatic carbocycles. The number of nitrogens with zero attached hydrogens (tertiary/aromatic N) is 1. The topological polar surface area (TPSA) is 83.6 Å². The van der Waals surface area contributed by atoms with Gasteiger partial charge in [0.2, 0.25) is 5.91 Å². The fourth-order valence-corrected chi connectivity index (χ4v) is 1.86. The highest BCUT2D eigenvalue weighted by molar-refractivity contribution is 5.82. The Morgan fingerprint density at radius 1 is 1.50 bits per heavy atom. The third-order valence-electron chi connectivity index (χ3n) is 2.89. The summed E-state index contributed by atoms with van der Waals surface area (Å²) >= 11 is 0. The summed E-state index contributed by atoms with van der Waals surface area (Å²) in [6, 6.07) is -0.543. The highest BCUT2D eigenvalue weighted by atomic mass is 16.4. The number of piperidine rings is 1. The van der Waals surface area contributed by atoms with E-state index in [1.54, 1.807) is 11.0 Å². The number of hydrogen-bond acceptors (Lipinski definition) is 3. The minimum absolute atomic E-state index is 0.108. The molecule has 1 saturated heterocycles. The van der Waals surface area contributed by atoms with Crippen molar-refractivity contribution in [2.75, 3.05) is 13.1 Å². The van der Waals surface area contributed by atoms with E-state index in [-0.39, 0.29) is 11.8 Å². The lowest BCUT2D eigenvalue weighted by molar-refractivity contribution is -0.146. The van der Waals surface area contributed by atoms with Crippen molar-refractivity contribution in [2.24, 2.45) is 11.7 Å². The predicted octanol–water partition coefficient (Wildman–Crippen LogP) is 0.213. The van der Waals surface area contributed by atoms with Gasteiger partial charge in [-0.1, -0.05) is 6.08 Å². The van der Waals surface area contributed by atoms with Crippen molar-refractivity contribution in [3.63, 3.8) is 0 Å². The maximum atomic E-state index is 11.8. The van der Waals surface area contributed by atoms with Crippen molar-refractivity contribution < 1.29 is 14.7 Å². The number of likely N-dealkylation sites (tertiary alicyclic amines) is 1. The van der Waals surface area contributed by atoms with Gasteiger partial charge in [0, 0.05) is 13.1 Å². The molecule has 1 aliphatic rings. The normalized spacial score (nSPS) is 19.2. The third kappa shape index (κ3) is 3.06. The molecular weight excluding hydrogens is 208 g/mol. The first-order valence-corrected chi connectivity index (χ1v) is 5.44. The number of aliphatic carboxylic acids is 1. The minimum atomic E-state index is -0.775. The summed E-state index contributed by atoms with van der Waals surface area (Å²) in [4.78, 5) is 24.1. The number of amides is 1. The van der Waals surface area contributed by atoms with Crippen molar-refractivity contribution in [3.8, 4) is 0 Å². The Morgan fingerprint density at radius 2 is 2.06 bits per heavy atom. The van der Waals surface area contributed by atoms with Crippen molar-refractivity contribution in [2.45, 2.75) is 25.3 Å². The van der Waals surface area contributed by atoms with Crippen LogP contribution in [0.3, 0.4) is 0 Å². The Kier molecular flexibility index (Phi) is 4.49. The number of carboxylic acids is 1. The number of carbonyl (C=O) groups is 2. The van der Waals surface area contributed by atoms with Gasteiger partial charge in [0.15, 0.2) is 0 Å². The molecule has 5 heteroatoms. The van der Waals surface area contributed by atoms with Crippen LogP contribution in [-0.2, 0) is 9.59 Å². The summed E-state index contributed by atoms with van der Waals surface area (Å²) in [7, 11) is 0. The van der Waals surface area contributed by atoms with Gasteiger partial charge >= 0.3 is 5.97 Å². The molecule has 0 bridgehead atoms. The quantitative estimate of drug-likeness (QED) is 0.671. The second-order valence-electron chi connectivity index (χ2n) is 4.07. The molecule has 1 unspecified atom stereocenters. The van der Waals surface area contributed by atoms with Crippen LogP contribution >= 0.6 is 0 Å². The van der Waals surface area contributed by atoms with E-state index in [2.05, 4.69) is 6.58 Å². The first kappa shape index (κ1) is 12.7. The zero-order valence-corrected chi connectivity index (χ0v) is 9.26. The highest BCUT2D eigenvalue weighted by Gasteiger charge is 2.28. The predicted molar refractivity (Wildman–Crippen MR) is 59.7 cm³/mol. The molecular formula is C11H18N2O3. The smallest absolute Gasteiger partial charge is 0.306 e. The molecule has 0 aromatic rings. The van der Waals surface area contributed by atoms with Crippen LogP contribution in [0.5, 0.6) is 0 Å². The molecule has 16 heavy (non-hydrogen) atoms. The van der Waals surface area contributed by atoms with Crippen LogP contribution in [0, 0.1) is 5.92 Å². The van der Waals surface area contributed by atoms with Crippen LogP contribution in [-0.4, -0.2) is 41.0 Å². The number of hydrogen-bond donors (Lipinski definition) is 2. The summed E-state index contributed by atoms with van der Waals surface area (Å²) in [6.07, 6.45) is 3.11. The maximum absolute atomic E-state index is 11.8. The summed E-state index contributed by atoms with van der Waals surface area (Å²) in [5.74, 6) is -1.20. The maximum Gasteiger partial charge on any atom is 0.306 e. The second-order valence-corrected chi connectivity index (χ2v) is 4.07. The van der Waals surface area contributed by atoms with Crippen molar-refractivity contribution in [3.05, 3.63) is 12.7 Å². The number of nitrogens with two attached hydrogens (primary N) is 1. The fraction of sp³-hybridized carbons (Fsp3) is 0.636. The van der Waals surface area contributed by atoms with Crippen LogP contribution in [0.1, 0.15) is 19.3 Å². The molecule has 5 nitrogen and oxygen atoms in total. The Hall–Kier alpha value is -1.36. The molecule has 0 radical (unpaired) electrons. The zero-order chi connectivity index (χ0) is 12.1. The van der Waals surface area contributed by atoms with E-state index in [1.807, 2.05) is 0 Å². The lowest BCUT2D eigenvalue weighted by Crippen LogP contribution is -2.47. The fourth-order valence-electron chi connectivity index (χ4n) is 1.86. The third-order valence-corrected chi connectivity index (χ3v) is 2.89. The Morgan fingerprint density at radius 3 is 2.50 bits per heavy atom. The van der Waals surface area contributed by atoms with E-state index < -0.39 is 12.0 Å². The first-order valence-electron chi connectivity index (χ1n) is 5.44. The van der Waals surface area contributed by atoms with Gasteiger partial charge in [0.25, 0.3) is 0 Å². The van der Waals surface area contributed by atoms with Gasteiger partial charge in [-0.15, -0.1) is 6.58 Å². The average Bonchev–Trinajstić information content (AvgIpc) is 2.28. The molecule has 0 aromatic heterocycles. The van der Waals surface area contributed by atoms with E-state index >= 15 is 0 Å². The molecule has 1 atom stereocenters. The number of rotatable bonds is 4. The molecule has 1 heterocycles. The number of carbonyl (C=O) groups excluding carboxylic acids is 1. The lowest BCUT2D eigenvalue weighted by Gasteiger charge is -2.31. The first-order chi connectivity index (χ1) is 7.56. The highest BCUT2D eigenvalue weighted by Crippen LogP contribution is 2.17. The van der Waals surface area contributed by atoms with Gasteiger partial charge in [-0.05, 0) is 19.3 Å². The van der Waals surface area contributed by atoms with Gasteiger partial charge in [-0.25, -0.2) is 0 Å². The molecule has 0 saturated carbocycles. The summed E-state index contributed by atoms with van der Waals surface area (Å²) in [5.41, 5.74) is 5.67. The Bertz CT molecular complexity index is 283. The summed E-state index contributed by atoms with van der Waals surface area (Å²) < 4.78 is 0. The zero-order valence-electron chi connectivity index (χ0n) is 9.26. The van der Waals surface area contributed by atoms with E-state index in [1.165, 1.54) is 0 Å². The SMILES string of the molecule is C=CCC(N)C(=O)N1CCC(C(=O)O)CC1. The summed E-state index contributed by atoms with van der Waals surface area (Å²) in [6.45, 7) is 4.51. The Labute approximate surface area is 94.9 Å². The monoisotopic (exact) mass is 226 g/mol. The van der Waals surface area contributed by atoms with Gasteiger partial charge in [0.05, 0.1) is 12.0 Å². The second kappa shape index (κ2) is 5.65. The summed E-state index contributed by atoms with van der Waals surface area (Å²) in [5, 5.41) is 8.82. The van der Waals surface area contributed by atoms with Gasteiger partial charge in [-0.2, -0.15) is 0 Å². The van der Waals surface area contributed by atoms with Gasteiger partial charge < -0.3 is 15.7 Å². The van der Waals surface area contributed by atoms with E-state index in [4.69, 9.17) is 10.8 Å². The van der Waals surface area contributed by atoms with Crippen LogP contribution in [0.4, 0.5) is 0 Å². The van der Waals surface area contributed by atoms with Crippen molar-refractivity contribution in [1.82, 2.24) is 4.90 Å². The minimum Gasteiger partial charge on any atom is -0.481 e. The lowest BCUT2D eigenvalue weighted by atomic mass is 9.96. The standard InChI is InChI=1S/C11H18N2O3/c1-2-3-9(12)10(14)13-6-4-8(5-7-13)11(15)16/h2,8-9H,1,3-7,12H2,(H,15,16). The molecule has 1 fully saturated rings.